The fraction of sp³-hybridized carbons (Fsp3) is 0.312. The van der Waals surface area contributed by atoms with E-state index >= 15 is 0 Å². The van der Waals surface area contributed by atoms with Crippen molar-refractivity contribution in [2.45, 2.75) is 26.4 Å². The van der Waals surface area contributed by atoms with E-state index in [9.17, 15) is 14.0 Å². The Kier molecular flexibility index (Phi) is 5.18. The topological polar surface area (TPSA) is 77.5 Å². The average molecular weight is 352 g/mol. The smallest absolute Gasteiger partial charge is 0.350 e. The summed E-state index contributed by atoms with van der Waals surface area (Å²) in [6.45, 7) is 4.80. The quantitative estimate of drug-likeness (QED) is 0.836. The Morgan fingerprint density at radius 3 is 2.46 bits per heavy atom. The number of nitrogens with one attached hydrogen (secondary N) is 1. The van der Waals surface area contributed by atoms with Crippen molar-refractivity contribution in [1.29, 1.82) is 0 Å². The molecule has 0 unspecified atom stereocenters. The number of carbonyl (C=O) groups excluding carboxylic acids is 2. The third-order valence-electron chi connectivity index (χ3n) is 3.12. The number of methoxy groups -OCH3 is 1. The minimum absolute atomic E-state index is 0.272. The molecule has 0 spiro atoms. The van der Waals surface area contributed by atoms with Gasteiger partial charge in [-0.3, -0.25) is 10.1 Å². The van der Waals surface area contributed by atoms with E-state index in [4.69, 9.17) is 4.74 Å². The summed E-state index contributed by atoms with van der Waals surface area (Å²) < 4.78 is 23.2. The van der Waals surface area contributed by atoms with Crippen LogP contribution in [0.5, 0.6) is 5.75 Å². The first-order chi connectivity index (χ1) is 11.2. The molecule has 0 aliphatic carbocycles. The van der Waals surface area contributed by atoms with Crippen LogP contribution in [-0.4, -0.2) is 29.6 Å². The molecule has 1 aromatic heterocycles. The van der Waals surface area contributed by atoms with Gasteiger partial charge in [-0.2, -0.15) is 0 Å². The summed E-state index contributed by atoms with van der Waals surface area (Å²) in [5.41, 5.74) is -0.748. The molecule has 2 aromatic rings. The van der Waals surface area contributed by atoms with Gasteiger partial charge in [0.1, 0.15) is 16.4 Å². The second kappa shape index (κ2) is 6.96. The van der Waals surface area contributed by atoms with Gasteiger partial charge in [0, 0.05) is 0 Å². The summed E-state index contributed by atoms with van der Waals surface area (Å²) >= 11 is 1.02. The van der Waals surface area contributed by atoms with Gasteiger partial charge in [0.25, 0.3) is 5.91 Å². The van der Waals surface area contributed by atoms with Crippen LogP contribution in [0.3, 0.4) is 0 Å². The van der Waals surface area contributed by atoms with Crippen LogP contribution >= 0.6 is 11.3 Å². The molecule has 0 aliphatic rings. The number of amides is 1. The van der Waals surface area contributed by atoms with Gasteiger partial charge in [0.05, 0.1) is 12.8 Å². The molecule has 0 saturated carbocycles. The largest absolute Gasteiger partial charge is 0.478 e. The second-order valence-electron chi connectivity index (χ2n) is 5.45. The normalized spacial score (nSPS) is 11.0. The van der Waals surface area contributed by atoms with E-state index in [-0.39, 0.29) is 5.13 Å². The van der Waals surface area contributed by atoms with Gasteiger partial charge in [-0.1, -0.05) is 11.3 Å². The van der Waals surface area contributed by atoms with Crippen LogP contribution in [0.2, 0.25) is 0 Å². The molecule has 1 heterocycles. The molecule has 8 heteroatoms. The molecule has 0 fully saturated rings. The van der Waals surface area contributed by atoms with Crippen molar-refractivity contribution in [3.05, 3.63) is 40.7 Å². The molecule has 1 aromatic carbocycles. The van der Waals surface area contributed by atoms with Crippen LogP contribution in [0.4, 0.5) is 9.52 Å². The van der Waals surface area contributed by atoms with E-state index in [0.29, 0.717) is 16.3 Å². The number of hydrogen-bond acceptors (Lipinski definition) is 6. The summed E-state index contributed by atoms with van der Waals surface area (Å²) in [5, 5.41) is 2.89. The first-order valence-electron chi connectivity index (χ1n) is 7.04. The van der Waals surface area contributed by atoms with Crippen LogP contribution in [-0.2, 0) is 9.53 Å². The number of thiazole rings is 1. The van der Waals surface area contributed by atoms with Crippen LogP contribution in [0.15, 0.2) is 24.3 Å². The van der Waals surface area contributed by atoms with Gasteiger partial charge < -0.3 is 9.47 Å². The number of halogens is 1. The first kappa shape index (κ1) is 17.9. The number of ether oxygens (including phenoxy) is 2. The zero-order valence-corrected chi connectivity index (χ0v) is 14.5. The highest BCUT2D eigenvalue weighted by atomic mass is 32.1. The Labute approximate surface area is 142 Å². The summed E-state index contributed by atoms with van der Waals surface area (Å²) in [6.07, 6.45) is 0. The molecule has 128 valence electrons. The minimum atomic E-state index is -1.22. The lowest BCUT2D eigenvalue weighted by molar-refractivity contribution is -0.128. The number of hydrogen-bond donors (Lipinski definition) is 1. The van der Waals surface area contributed by atoms with Gasteiger partial charge in [0.2, 0.25) is 0 Å². The summed E-state index contributed by atoms with van der Waals surface area (Å²) in [6, 6.07) is 5.37. The highest BCUT2D eigenvalue weighted by molar-refractivity contribution is 7.17. The summed E-state index contributed by atoms with van der Waals surface area (Å²) in [4.78, 5) is 28.4. The lowest BCUT2D eigenvalue weighted by Crippen LogP contribution is -2.42. The number of esters is 1. The van der Waals surface area contributed by atoms with Crippen LogP contribution < -0.4 is 10.1 Å². The fourth-order valence-corrected chi connectivity index (χ4v) is 2.70. The van der Waals surface area contributed by atoms with E-state index in [1.165, 1.54) is 31.4 Å². The van der Waals surface area contributed by atoms with Gasteiger partial charge in [-0.25, -0.2) is 14.2 Å². The Morgan fingerprint density at radius 1 is 1.25 bits per heavy atom. The van der Waals surface area contributed by atoms with Crippen molar-refractivity contribution >= 4 is 28.3 Å². The number of carbonyl (C=O) groups is 2. The van der Waals surface area contributed by atoms with E-state index < -0.39 is 23.3 Å². The molecule has 0 aliphatic heterocycles. The SMILES string of the molecule is COC(=O)c1sc(NC(=O)C(C)(C)Oc2ccc(F)cc2)nc1C. The Hall–Kier alpha value is -2.48. The maximum atomic E-state index is 12.9. The number of anilines is 1. The molecular formula is C16H17FN2O4S. The van der Waals surface area contributed by atoms with E-state index in [2.05, 4.69) is 15.0 Å². The lowest BCUT2D eigenvalue weighted by Gasteiger charge is -2.24. The molecule has 0 saturated heterocycles. The molecule has 1 N–H and O–H groups in total. The number of nitrogens with zero attached hydrogens (tertiary/aromatic N) is 1. The van der Waals surface area contributed by atoms with Crippen molar-refractivity contribution in [3.63, 3.8) is 0 Å². The predicted octanol–water partition coefficient (Wildman–Crippen LogP) is 3.17. The summed E-state index contributed by atoms with van der Waals surface area (Å²) in [5.74, 6) is -0.982. The van der Waals surface area contributed by atoms with Crippen molar-refractivity contribution in [2.24, 2.45) is 0 Å². The predicted molar refractivity (Wildman–Crippen MR) is 87.9 cm³/mol. The number of benzene rings is 1. The highest BCUT2D eigenvalue weighted by Gasteiger charge is 2.31. The first-order valence-corrected chi connectivity index (χ1v) is 7.86. The van der Waals surface area contributed by atoms with Crippen LogP contribution in [0, 0.1) is 12.7 Å². The Balaban J connectivity index is 2.10. The maximum absolute atomic E-state index is 12.9. The number of rotatable bonds is 5. The van der Waals surface area contributed by atoms with Gasteiger partial charge in [-0.05, 0) is 45.0 Å². The molecule has 2 rings (SSSR count). The number of aromatic nitrogens is 1. The van der Waals surface area contributed by atoms with Gasteiger partial charge in [-0.15, -0.1) is 0 Å². The van der Waals surface area contributed by atoms with Crippen molar-refractivity contribution in [2.75, 3.05) is 12.4 Å². The third-order valence-corrected chi connectivity index (χ3v) is 4.17. The van der Waals surface area contributed by atoms with Crippen molar-refractivity contribution in [1.82, 2.24) is 4.98 Å². The highest BCUT2D eigenvalue weighted by Crippen LogP contribution is 2.25. The minimum Gasteiger partial charge on any atom is -0.478 e. The zero-order valence-electron chi connectivity index (χ0n) is 13.7. The average Bonchev–Trinajstić information content (AvgIpc) is 2.89. The van der Waals surface area contributed by atoms with Crippen molar-refractivity contribution < 1.29 is 23.5 Å². The lowest BCUT2D eigenvalue weighted by atomic mass is 10.1. The second-order valence-corrected chi connectivity index (χ2v) is 6.44. The fourth-order valence-electron chi connectivity index (χ4n) is 1.82. The molecule has 24 heavy (non-hydrogen) atoms. The molecule has 0 atom stereocenters. The molecule has 1 amide bonds. The molecule has 6 nitrogen and oxygen atoms in total. The van der Waals surface area contributed by atoms with E-state index in [1.807, 2.05) is 0 Å². The monoisotopic (exact) mass is 352 g/mol. The Morgan fingerprint density at radius 2 is 1.88 bits per heavy atom. The van der Waals surface area contributed by atoms with Gasteiger partial charge in [0.15, 0.2) is 10.7 Å². The Bertz CT molecular complexity index is 756. The summed E-state index contributed by atoms with van der Waals surface area (Å²) in [7, 11) is 1.28. The van der Waals surface area contributed by atoms with E-state index in [1.54, 1.807) is 20.8 Å². The molecule has 0 bridgehead atoms. The molecule has 0 radical (unpaired) electrons. The van der Waals surface area contributed by atoms with Crippen molar-refractivity contribution in [3.8, 4) is 5.75 Å². The van der Waals surface area contributed by atoms with Crippen LogP contribution in [0.1, 0.15) is 29.2 Å². The van der Waals surface area contributed by atoms with Crippen LogP contribution in [0.25, 0.3) is 0 Å². The standard InChI is InChI=1S/C16H17FN2O4S/c1-9-12(13(20)22-4)24-15(18-9)19-14(21)16(2,3)23-11-7-5-10(17)6-8-11/h5-8H,1-4H3,(H,18,19,21). The zero-order chi connectivity index (χ0) is 17.9. The molecular weight excluding hydrogens is 335 g/mol. The maximum Gasteiger partial charge on any atom is 0.350 e. The van der Waals surface area contributed by atoms with E-state index in [0.717, 1.165) is 11.3 Å². The van der Waals surface area contributed by atoms with Gasteiger partial charge >= 0.3 is 5.97 Å². The third kappa shape index (κ3) is 4.08. The number of aryl methyl sites for hydroxylation is 1.